The molecule has 0 saturated heterocycles. The smallest absolute Gasteiger partial charge is 0.417 e. The molecule has 1 rings (SSSR count). The maximum absolute atomic E-state index is 11.8. The fourth-order valence-electron chi connectivity index (χ4n) is 0.548. The van der Waals surface area contributed by atoms with E-state index in [9.17, 15) is 13.2 Å². The minimum atomic E-state index is -4.32. The Morgan fingerprint density at radius 2 is 1.91 bits per heavy atom. The summed E-state index contributed by atoms with van der Waals surface area (Å²) >= 11 is 4.52. The first-order chi connectivity index (χ1) is 5.00. The van der Waals surface area contributed by atoms with Gasteiger partial charge in [0.2, 0.25) is 0 Å². The normalized spacial score (nSPS) is 11.5. The van der Waals surface area contributed by atoms with Gasteiger partial charge in [-0.3, -0.25) is 4.98 Å². The molecular weight excluding hydrogens is 175 g/mol. The standard InChI is InChI=1S/C6H4F3NS/c7-6(8,9)4-1-2-5(11)10-3-4/h1-3H,(H,10,11)/p-1. The summed E-state index contributed by atoms with van der Waals surface area (Å²) in [5.74, 6) is 0. The zero-order valence-electron chi connectivity index (χ0n) is 5.22. The Labute approximate surface area is 66.7 Å². The van der Waals surface area contributed by atoms with Gasteiger partial charge in [0.25, 0.3) is 0 Å². The van der Waals surface area contributed by atoms with Gasteiger partial charge in [-0.05, 0) is 6.07 Å². The molecule has 0 saturated carbocycles. The topological polar surface area (TPSA) is 12.9 Å². The molecule has 0 unspecified atom stereocenters. The van der Waals surface area contributed by atoms with Gasteiger partial charge in [0, 0.05) is 6.20 Å². The first-order valence-corrected chi connectivity index (χ1v) is 3.11. The maximum Gasteiger partial charge on any atom is 0.417 e. The van der Waals surface area contributed by atoms with Crippen LogP contribution in [0.15, 0.2) is 23.4 Å². The highest BCUT2D eigenvalue weighted by Crippen LogP contribution is 2.28. The van der Waals surface area contributed by atoms with Crippen molar-refractivity contribution >= 4 is 12.6 Å². The Morgan fingerprint density at radius 3 is 2.27 bits per heavy atom. The first kappa shape index (κ1) is 8.26. The van der Waals surface area contributed by atoms with E-state index in [4.69, 9.17) is 0 Å². The third-order valence-electron chi connectivity index (χ3n) is 1.06. The van der Waals surface area contributed by atoms with Crippen LogP contribution in [0.25, 0.3) is 0 Å². The molecule has 1 aromatic rings. The molecule has 1 aromatic heterocycles. The zero-order valence-corrected chi connectivity index (χ0v) is 6.04. The van der Waals surface area contributed by atoms with Crippen molar-refractivity contribution < 1.29 is 13.2 Å². The van der Waals surface area contributed by atoms with Gasteiger partial charge in [-0.1, -0.05) is 11.1 Å². The summed E-state index contributed by atoms with van der Waals surface area (Å²) in [6, 6.07) is 2.06. The van der Waals surface area contributed by atoms with Crippen LogP contribution in [0.2, 0.25) is 0 Å². The van der Waals surface area contributed by atoms with Gasteiger partial charge in [0.1, 0.15) is 0 Å². The highest BCUT2D eigenvalue weighted by molar-refractivity contribution is 7.58. The van der Waals surface area contributed by atoms with E-state index in [1.165, 1.54) is 0 Å². The number of hydrogen-bond donors (Lipinski definition) is 0. The number of alkyl halides is 3. The SMILES string of the molecule is FC(F)(F)c1ccc([S-])nc1. The maximum atomic E-state index is 11.8. The van der Waals surface area contributed by atoms with Crippen molar-refractivity contribution in [1.82, 2.24) is 4.98 Å². The Kier molecular flexibility index (Phi) is 1.99. The Balaban J connectivity index is 2.99. The molecule has 1 heterocycles. The van der Waals surface area contributed by atoms with Crippen molar-refractivity contribution in [2.75, 3.05) is 0 Å². The average molecular weight is 178 g/mol. The molecule has 0 aliphatic heterocycles. The predicted molar refractivity (Wildman–Crippen MR) is 34.9 cm³/mol. The lowest BCUT2D eigenvalue weighted by Gasteiger charge is -2.07. The van der Waals surface area contributed by atoms with Crippen molar-refractivity contribution in [2.24, 2.45) is 0 Å². The summed E-state index contributed by atoms with van der Waals surface area (Å²) in [5.41, 5.74) is -0.772. The van der Waals surface area contributed by atoms with Gasteiger partial charge >= 0.3 is 6.18 Å². The lowest BCUT2D eigenvalue weighted by atomic mass is 10.3. The Morgan fingerprint density at radius 1 is 1.27 bits per heavy atom. The number of aromatic nitrogens is 1. The monoisotopic (exact) mass is 178 g/mol. The molecule has 0 aliphatic carbocycles. The minimum Gasteiger partial charge on any atom is -0.760 e. The van der Waals surface area contributed by atoms with Gasteiger partial charge in [-0.2, -0.15) is 13.2 Å². The lowest BCUT2D eigenvalue weighted by molar-refractivity contribution is -0.137. The van der Waals surface area contributed by atoms with Crippen LogP contribution in [-0.4, -0.2) is 4.98 Å². The fraction of sp³-hybridized carbons (Fsp3) is 0.167. The molecule has 0 amide bonds. The number of nitrogens with zero attached hydrogens (tertiary/aromatic N) is 1. The average Bonchev–Trinajstić information content (AvgIpc) is 1.86. The summed E-state index contributed by atoms with van der Waals surface area (Å²) in [4.78, 5) is 3.34. The van der Waals surface area contributed by atoms with Crippen LogP contribution in [0.3, 0.4) is 0 Å². The van der Waals surface area contributed by atoms with Gasteiger partial charge in [-0.25, -0.2) is 0 Å². The van der Waals surface area contributed by atoms with Gasteiger partial charge in [0.15, 0.2) is 0 Å². The molecule has 0 spiro atoms. The minimum absolute atomic E-state index is 0.165. The molecule has 11 heavy (non-hydrogen) atoms. The van der Waals surface area contributed by atoms with Crippen molar-refractivity contribution in [3.8, 4) is 0 Å². The third kappa shape index (κ3) is 2.04. The molecule has 0 fully saturated rings. The van der Waals surface area contributed by atoms with E-state index >= 15 is 0 Å². The van der Waals surface area contributed by atoms with E-state index < -0.39 is 11.7 Å². The van der Waals surface area contributed by atoms with Gasteiger partial charge in [0.05, 0.1) is 5.56 Å². The first-order valence-electron chi connectivity index (χ1n) is 2.70. The molecule has 0 bridgehead atoms. The van der Waals surface area contributed by atoms with E-state index in [1.807, 2.05) is 0 Å². The molecule has 1 nitrogen and oxygen atoms in total. The molecule has 0 atom stereocenters. The second-order valence-corrected chi connectivity index (χ2v) is 2.30. The van der Waals surface area contributed by atoms with Crippen molar-refractivity contribution in [3.63, 3.8) is 0 Å². The third-order valence-corrected chi connectivity index (χ3v) is 1.31. The zero-order chi connectivity index (χ0) is 8.48. The second kappa shape index (κ2) is 2.65. The van der Waals surface area contributed by atoms with E-state index in [2.05, 4.69) is 17.6 Å². The van der Waals surface area contributed by atoms with Gasteiger partial charge < -0.3 is 12.6 Å². The van der Waals surface area contributed by atoms with Gasteiger partial charge in [-0.15, -0.1) is 0 Å². The summed E-state index contributed by atoms with van der Waals surface area (Å²) < 4.78 is 35.5. The van der Waals surface area contributed by atoms with E-state index in [1.54, 1.807) is 0 Å². The summed E-state index contributed by atoms with van der Waals surface area (Å²) in [5, 5.41) is 0.165. The van der Waals surface area contributed by atoms with Crippen LogP contribution in [0.4, 0.5) is 13.2 Å². The fourth-order valence-corrected chi connectivity index (χ4v) is 0.669. The number of halogens is 3. The van der Waals surface area contributed by atoms with Crippen molar-refractivity contribution in [1.29, 1.82) is 0 Å². The lowest BCUT2D eigenvalue weighted by Crippen LogP contribution is -2.04. The summed E-state index contributed by atoms with van der Waals surface area (Å²) in [7, 11) is 0. The molecule has 0 aliphatic rings. The van der Waals surface area contributed by atoms with Crippen LogP contribution in [0.1, 0.15) is 5.56 Å². The largest absolute Gasteiger partial charge is 0.760 e. The molecule has 0 aromatic carbocycles. The van der Waals surface area contributed by atoms with Crippen LogP contribution >= 0.6 is 0 Å². The Hall–Kier alpha value is -0.840. The molecule has 5 heteroatoms. The van der Waals surface area contributed by atoms with Crippen LogP contribution in [0, 0.1) is 0 Å². The van der Waals surface area contributed by atoms with E-state index in [0.29, 0.717) is 0 Å². The van der Waals surface area contributed by atoms with Crippen LogP contribution in [-0.2, 0) is 18.8 Å². The van der Waals surface area contributed by atoms with E-state index in [-0.39, 0.29) is 5.03 Å². The van der Waals surface area contributed by atoms with Crippen LogP contribution in [0.5, 0.6) is 0 Å². The number of hydrogen-bond acceptors (Lipinski definition) is 2. The molecular formula is C6H3F3NS-. The highest BCUT2D eigenvalue weighted by atomic mass is 32.1. The predicted octanol–water partition coefficient (Wildman–Crippen LogP) is 2.01. The van der Waals surface area contributed by atoms with Crippen molar-refractivity contribution in [2.45, 2.75) is 11.2 Å². The Bertz CT molecular complexity index is 241. The molecule has 60 valence electrons. The molecule has 0 N–H and O–H groups in total. The quantitative estimate of drug-likeness (QED) is 0.563. The van der Waals surface area contributed by atoms with E-state index in [0.717, 1.165) is 18.3 Å². The van der Waals surface area contributed by atoms with Crippen molar-refractivity contribution in [3.05, 3.63) is 23.9 Å². The molecule has 0 radical (unpaired) electrons. The number of pyridine rings is 1. The summed E-state index contributed by atoms with van der Waals surface area (Å²) in [6.07, 6.45) is -3.60. The number of rotatable bonds is 0. The summed E-state index contributed by atoms with van der Waals surface area (Å²) in [6.45, 7) is 0. The van der Waals surface area contributed by atoms with Crippen LogP contribution < -0.4 is 0 Å². The highest BCUT2D eigenvalue weighted by Gasteiger charge is 2.30. The second-order valence-electron chi connectivity index (χ2n) is 1.88.